The molecule has 0 bridgehead atoms. The number of aromatic nitrogens is 1. The second-order valence-corrected chi connectivity index (χ2v) is 6.26. The molecule has 0 aliphatic rings. The Morgan fingerprint density at radius 2 is 2.05 bits per heavy atom. The van der Waals surface area contributed by atoms with Crippen LogP contribution in [-0.4, -0.2) is 31.2 Å². The van der Waals surface area contributed by atoms with Gasteiger partial charge in [0.25, 0.3) is 0 Å². The second kappa shape index (κ2) is 5.64. The number of benzene rings is 1. The zero-order chi connectivity index (χ0) is 13.9. The Balaban J connectivity index is 2.26. The van der Waals surface area contributed by atoms with E-state index in [1.807, 2.05) is 24.3 Å². The first-order valence-corrected chi connectivity index (χ1v) is 7.61. The highest BCUT2D eigenvalue weighted by Gasteiger charge is 2.14. The molecular weight excluding hydrogens is 264 g/mol. The molecule has 1 heterocycles. The number of fused-ring (bicyclic) bond motifs is 1. The number of pyridine rings is 1. The SMILES string of the molecule is CC(O)CNS(=O)(=O)Cc1cccc2cccnc12. The molecule has 2 rings (SSSR count). The minimum absolute atomic E-state index is 0.0144. The number of nitrogens with zero attached hydrogens (tertiary/aromatic N) is 1. The van der Waals surface area contributed by atoms with Crippen molar-refractivity contribution in [3.63, 3.8) is 0 Å². The van der Waals surface area contributed by atoms with Crippen molar-refractivity contribution in [2.75, 3.05) is 6.54 Å². The molecule has 1 atom stereocenters. The first kappa shape index (κ1) is 13.9. The number of nitrogens with one attached hydrogen (secondary N) is 1. The average Bonchev–Trinajstić information content (AvgIpc) is 2.37. The molecule has 1 unspecified atom stereocenters. The van der Waals surface area contributed by atoms with Crippen LogP contribution < -0.4 is 4.72 Å². The lowest BCUT2D eigenvalue weighted by molar-refractivity contribution is 0.198. The van der Waals surface area contributed by atoms with Crippen molar-refractivity contribution in [1.82, 2.24) is 9.71 Å². The zero-order valence-corrected chi connectivity index (χ0v) is 11.4. The third-order valence-corrected chi connectivity index (χ3v) is 3.96. The Bertz CT molecular complexity index is 663. The van der Waals surface area contributed by atoms with E-state index in [0.717, 1.165) is 5.39 Å². The van der Waals surface area contributed by atoms with Crippen molar-refractivity contribution in [1.29, 1.82) is 0 Å². The predicted molar refractivity (Wildman–Crippen MR) is 74.1 cm³/mol. The highest BCUT2D eigenvalue weighted by Crippen LogP contribution is 2.17. The van der Waals surface area contributed by atoms with E-state index in [1.54, 1.807) is 12.3 Å². The largest absolute Gasteiger partial charge is 0.392 e. The molecule has 102 valence electrons. The summed E-state index contributed by atoms with van der Waals surface area (Å²) in [5.41, 5.74) is 1.34. The summed E-state index contributed by atoms with van der Waals surface area (Å²) < 4.78 is 26.2. The molecule has 0 fully saturated rings. The van der Waals surface area contributed by atoms with Crippen LogP contribution in [0.4, 0.5) is 0 Å². The first-order chi connectivity index (χ1) is 8.98. The zero-order valence-electron chi connectivity index (χ0n) is 10.6. The molecule has 0 aliphatic heterocycles. The molecule has 19 heavy (non-hydrogen) atoms. The van der Waals surface area contributed by atoms with Gasteiger partial charge in [0.15, 0.2) is 0 Å². The Morgan fingerprint density at radius 1 is 1.32 bits per heavy atom. The molecular formula is C13H16N2O3S. The summed E-state index contributed by atoms with van der Waals surface area (Å²) in [6, 6.07) is 9.15. The predicted octanol–water partition coefficient (Wildman–Crippen LogP) is 1.03. The van der Waals surface area contributed by atoms with E-state index in [9.17, 15) is 8.42 Å². The van der Waals surface area contributed by atoms with Crippen LogP contribution in [0.15, 0.2) is 36.5 Å². The fourth-order valence-electron chi connectivity index (χ4n) is 1.79. The lowest BCUT2D eigenvalue weighted by atomic mass is 10.1. The molecule has 1 aromatic heterocycles. The summed E-state index contributed by atoms with van der Waals surface area (Å²) in [5, 5.41) is 10.0. The van der Waals surface area contributed by atoms with Crippen molar-refractivity contribution in [3.8, 4) is 0 Å². The summed E-state index contributed by atoms with van der Waals surface area (Å²) in [7, 11) is -3.47. The Morgan fingerprint density at radius 3 is 2.79 bits per heavy atom. The van der Waals surface area contributed by atoms with Gasteiger partial charge in [-0.15, -0.1) is 0 Å². The first-order valence-electron chi connectivity index (χ1n) is 5.96. The van der Waals surface area contributed by atoms with Crippen molar-refractivity contribution in [2.24, 2.45) is 0 Å². The molecule has 0 amide bonds. The number of hydrogen-bond acceptors (Lipinski definition) is 4. The maximum Gasteiger partial charge on any atom is 0.215 e. The van der Waals surface area contributed by atoms with Crippen LogP contribution in [0.3, 0.4) is 0 Å². The van der Waals surface area contributed by atoms with Gasteiger partial charge in [-0.1, -0.05) is 24.3 Å². The topological polar surface area (TPSA) is 79.3 Å². The van der Waals surface area contributed by atoms with Gasteiger partial charge < -0.3 is 5.11 Å². The highest BCUT2D eigenvalue weighted by atomic mass is 32.2. The molecule has 5 nitrogen and oxygen atoms in total. The maximum atomic E-state index is 11.9. The molecule has 2 aromatic rings. The van der Waals surface area contributed by atoms with Gasteiger partial charge >= 0.3 is 0 Å². The fourth-order valence-corrected chi connectivity index (χ4v) is 3.03. The Hall–Kier alpha value is -1.50. The van der Waals surface area contributed by atoms with E-state index in [-0.39, 0.29) is 12.3 Å². The number of aliphatic hydroxyl groups is 1. The van der Waals surface area contributed by atoms with Crippen LogP contribution in [0.5, 0.6) is 0 Å². The quantitative estimate of drug-likeness (QED) is 0.857. The van der Waals surface area contributed by atoms with Gasteiger partial charge in [-0.25, -0.2) is 13.1 Å². The number of hydrogen-bond donors (Lipinski definition) is 2. The molecule has 0 aliphatic carbocycles. The van der Waals surface area contributed by atoms with Gasteiger partial charge in [0, 0.05) is 18.1 Å². The van der Waals surface area contributed by atoms with Crippen LogP contribution >= 0.6 is 0 Å². The molecule has 0 saturated heterocycles. The van der Waals surface area contributed by atoms with Crippen LogP contribution in [0.25, 0.3) is 10.9 Å². The normalized spacial score (nSPS) is 13.6. The molecule has 0 spiro atoms. The Kier molecular flexibility index (Phi) is 4.14. The average molecular weight is 280 g/mol. The number of para-hydroxylation sites is 1. The minimum Gasteiger partial charge on any atom is -0.392 e. The monoisotopic (exact) mass is 280 g/mol. The van der Waals surface area contributed by atoms with Crippen LogP contribution in [0.1, 0.15) is 12.5 Å². The van der Waals surface area contributed by atoms with Crippen molar-refractivity contribution >= 4 is 20.9 Å². The van der Waals surface area contributed by atoms with Crippen molar-refractivity contribution in [3.05, 3.63) is 42.1 Å². The molecule has 0 radical (unpaired) electrons. The van der Waals surface area contributed by atoms with Gasteiger partial charge in [-0.2, -0.15) is 0 Å². The van der Waals surface area contributed by atoms with Crippen LogP contribution in [0.2, 0.25) is 0 Å². The van der Waals surface area contributed by atoms with Gasteiger partial charge in [0.1, 0.15) is 0 Å². The summed E-state index contributed by atoms with van der Waals surface area (Å²) in [5.74, 6) is -0.145. The molecule has 1 aromatic carbocycles. The van der Waals surface area contributed by atoms with Gasteiger partial charge in [-0.05, 0) is 18.6 Å². The standard InChI is InChI=1S/C13H16N2O3S/c1-10(16)8-15-19(17,18)9-12-5-2-4-11-6-3-7-14-13(11)12/h2-7,10,15-16H,8-9H2,1H3. The Labute approximate surface area is 112 Å². The summed E-state index contributed by atoms with van der Waals surface area (Å²) >= 11 is 0. The van der Waals surface area contributed by atoms with Crippen molar-refractivity contribution < 1.29 is 13.5 Å². The van der Waals surface area contributed by atoms with E-state index < -0.39 is 16.1 Å². The summed E-state index contributed by atoms with van der Waals surface area (Å²) in [6.07, 6.45) is 0.933. The van der Waals surface area contributed by atoms with Crippen molar-refractivity contribution in [2.45, 2.75) is 18.8 Å². The second-order valence-electron chi connectivity index (χ2n) is 4.45. The van der Waals surface area contributed by atoms with Crippen LogP contribution in [0, 0.1) is 0 Å². The number of rotatable bonds is 5. The van der Waals surface area contributed by atoms with Gasteiger partial charge in [0.2, 0.25) is 10.0 Å². The van der Waals surface area contributed by atoms with E-state index in [2.05, 4.69) is 9.71 Å². The summed E-state index contributed by atoms with van der Waals surface area (Å²) in [6.45, 7) is 1.54. The number of sulfonamides is 1. The van der Waals surface area contributed by atoms with E-state index in [1.165, 1.54) is 6.92 Å². The fraction of sp³-hybridized carbons (Fsp3) is 0.308. The van der Waals surface area contributed by atoms with E-state index in [4.69, 9.17) is 5.11 Å². The summed E-state index contributed by atoms with van der Waals surface area (Å²) in [4.78, 5) is 4.22. The number of aliphatic hydroxyl groups excluding tert-OH is 1. The lowest BCUT2D eigenvalue weighted by Crippen LogP contribution is -2.31. The molecule has 0 saturated carbocycles. The maximum absolute atomic E-state index is 11.9. The lowest BCUT2D eigenvalue weighted by Gasteiger charge is -2.09. The third-order valence-electron chi connectivity index (χ3n) is 2.66. The van der Waals surface area contributed by atoms with Gasteiger partial charge in [-0.3, -0.25) is 4.98 Å². The van der Waals surface area contributed by atoms with Crippen LogP contribution in [-0.2, 0) is 15.8 Å². The highest BCUT2D eigenvalue weighted by molar-refractivity contribution is 7.88. The van der Waals surface area contributed by atoms with E-state index >= 15 is 0 Å². The molecule has 2 N–H and O–H groups in total. The molecule has 6 heteroatoms. The minimum atomic E-state index is -3.47. The third kappa shape index (κ3) is 3.73. The van der Waals surface area contributed by atoms with Gasteiger partial charge in [0.05, 0.1) is 17.4 Å². The van der Waals surface area contributed by atoms with E-state index in [0.29, 0.717) is 11.1 Å². The smallest absolute Gasteiger partial charge is 0.215 e.